The number of sulfonamides is 1. The maximum atomic E-state index is 12.6. The minimum Gasteiger partial charge on any atom is -0.398 e. The molecule has 4 nitrogen and oxygen atoms in total. The number of nitrogens with zero attached hydrogens (tertiary/aromatic N) is 1. The molecule has 0 aliphatic carbocycles. The topological polar surface area (TPSA) is 63.4 Å². The summed E-state index contributed by atoms with van der Waals surface area (Å²) in [5.74, 6) is 0. The molecular weight excluding hydrogens is 248 g/mol. The fourth-order valence-corrected chi connectivity index (χ4v) is 4.60. The van der Waals surface area contributed by atoms with E-state index in [4.69, 9.17) is 5.73 Å². The van der Waals surface area contributed by atoms with Gasteiger partial charge in [0.1, 0.15) is 0 Å². The smallest absolute Gasteiger partial charge is 0.243 e. The molecule has 1 fully saturated rings. The summed E-state index contributed by atoms with van der Waals surface area (Å²) in [5.41, 5.74) is 8.94. The van der Waals surface area contributed by atoms with Crippen LogP contribution in [0.1, 0.15) is 29.5 Å². The minimum absolute atomic E-state index is 0.396. The van der Waals surface area contributed by atoms with Gasteiger partial charge in [-0.2, -0.15) is 4.31 Å². The van der Waals surface area contributed by atoms with E-state index in [1.165, 1.54) is 0 Å². The Kier molecular flexibility index (Phi) is 3.38. The van der Waals surface area contributed by atoms with Crippen molar-refractivity contribution in [2.75, 3.05) is 18.8 Å². The average Bonchev–Trinajstić information content (AvgIpc) is 2.79. The van der Waals surface area contributed by atoms with Crippen molar-refractivity contribution < 1.29 is 8.42 Å². The Labute approximate surface area is 109 Å². The third kappa shape index (κ3) is 2.01. The molecule has 1 aromatic rings. The van der Waals surface area contributed by atoms with E-state index in [-0.39, 0.29) is 0 Å². The quantitative estimate of drug-likeness (QED) is 0.834. The van der Waals surface area contributed by atoms with Crippen molar-refractivity contribution in [2.45, 2.75) is 38.5 Å². The summed E-state index contributed by atoms with van der Waals surface area (Å²) in [5, 5.41) is 0. The first-order valence-electron chi connectivity index (χ1n) is 6.22. The van der Waals surface area contributed by atoms with E-state index >= 15 is 0 Å². The molecule has 0 saturated carbocycles. The number of benzene rings is 1. The van der Waals surface area contributed by atoms with Crippen molar-refractivity contribution in [1.82, 2.24) is 4.31 Å². The highest BCUT2D eigenvalue weighted by molar-refractivity contribution is 7.89. The molecule has 0 spiro atoms. The largest absolute Gasteiger partial charge is 0.398 e. The highest BCUT2D eigenvalue weighted by Gasteiger charge is 2.30. The summed E-state index contributed by atoms with van der Waals surface area (Å²) in [6, 6.07) is 1.85. The molecule has 18 heavy (non-hydrogen) atoms. The lowest BCUT2D eigenvalue weighted by molar-refractivity contribution is 0.476. The first-order valence-corrected chi connectivity index (χ1v) is 7.66. The molecule has 5 heteroatoms. The number of aryl methyl sites for hydroxylation is 2. The first-order chi connectivity index (χ1) is 8.35. The van der Waals surface area contributed by atoms with Gasteiger partial charge in [-0.05, 0) is 50.3 Å². The first kappa shape index (κ1) is 13.4. The van der Waals surface area contributed by atoms with Gasteiger partial charge in [0.25, 0.3) is 0 Å². The van der Waals surface area contributed by atoms with Crippen LogP contribution in [0.15, 0.2) is 11.0 Å². The van der Waals surface area contributed by atoms with Crippen LogP contribution < -0.4 is 5.73 Å². The van der Waals surface area contributed by atoms with Crippen molar-refractivity contribution in [3.05, 3.63) is 22.8 Å². The van der Waals surface area contributed by atoms with Crippen LogP contribution >= 0.6 is 0 Å². The number of nitrogens with two attached hydrogens (primary N) is 1. The van der Waals surface area contributed by atoms with Crippen LogP contribution in [0, 0.1) is 20.8 Å². The predicted molar refractivity (Wildman–Crippen MR) is 73.1 cm³/mol. The number of hydrogen-bond acceptors (Lipinski definition) is 3. The zero-order chi connectivity index (χ0) is 13.5. The molecular formula is C13H20N2O2S. The molecule has 0 unspecified atom stereocenters. The van der Waals surface area contributed by atoms with Gasteiger partial charge in [-0.3, -0.25) is 0 Å². The van der Waals surface area contributed by atoms with Crippen molar-refractivity contribution in [3.63, 3.8) is 0 Å². The van der Waals surface area contributed by atoms with Crippen LogP contribution in [0.25, 0.3) is 0 Å². The maximum Gasteiger partial charge on any atom is 0.243 e. The van der Waals surface area contributed by atoms with Gasteiger partial charge >= 0.3 is 0 Å². The predicted octanol–water partition coefficient (Wildman–Crippen LogP) is 1.98. The highest BCUT2D eigenvalue weighted by atomic mass is 32.2. The molecule has 2 rings (SSSR count). The van der Waals surface area contributed by atoms with Gasteiger partial charge in [0.05, 0.1) is 4.90 Å². The van der Waals surface area contributed by atoms with Crippen molar-refractivity contribution >= 4 is 15.7 Å². The van der Waals surface area contributed by atoms with Gasteiger partial charge < -0.3 is 5.73 Å². The summed E-state index contributed by atoms with van der Waals surface area (Å²) in [4.78, 5) is 0.396. The molecule has 2 N–H and O–H groups in total. The van der Waals surface area contributed by atoms with Gasteiger partial charge in [-0.15, -0.1) is 0 Å². The van der Waals surface area contributed by atoms with Crippen LogP contribution in [0.5, 0.6) is 0 Å². The second-order valence-electron chi connectivity index (χ2n) is 4.99. The Morgan fingerprint density at radius 1 is 1.11 bits per heavy atom. The van der Waals surface area contributed by atoms with Gasteiger partial charge in [-0.25, -0.2) is 8.42 Å². The molecule has 0 bridgehead atoms. The maximum absolute atomic E-state index is 12.6. The van der Waals surface area contributed by atoms with E-state index < -0.39 is 10.0 Å². The van der Waals surface area contributed by atoms with Gasteiger partial charge in [0, 0.05) is 18.8 Å². The third-order valence-corrected chi connectivity index (χ3v) is 5.81. The molecule has 1 saturated heterocycles. The van der Waals surface area contributed by atoms with Crippen LogP contribution in [0.3, 0.4) is 0 Å². The molecule has 1 aromatic carbocycles. The van der Waals surface area contributed by atoms with Gasteiger partial charge in [0.2, 0.25) is 10.0 Å². The van der Waals surface area contributed by atoms with Crippen LogP contribution in [-0.4, -0.2) is 25.8 Å². The summed E-state index contributed by atoms with van der Waals surface area (Å²) in [6.45, 7) is 6.77. The Morgan fingerprint density at radius 3 is 2.22 bits per heavy atom. The fraction of sp³-hybridized carbons (Fsp3) is 0.538. The molecule has 1 aliphatic rings. The van der Waals surface area contributed by atoms with Crippen molar-refractivity contribution in [1.29, 1.82) is 0 Å². The number of anilines is 1. The Morgan fingerprint density at radius 2 is 1.67 bits per heavy atom. The molecule has 0 aromatic heterocycles. The lowest BCUT2D eigenvalue weighted by atomic mass is 10.1. The molecule has 0 amide bonds. The Hall–Kier alpha value is -1.07. The molecule has 1 aliphatic heterocycles. The highest BCUT2D eigenvalue weighted by Crippen LogP contribution is 2.31. The molecule has 0 radical (unpaired) electrons. The van der Waals surface area contributed by atoms with E-state index in [1.807, 2.05) is 19.9 Å². The molecule has 100 valence electrons. The van der Waals surface area contributed by atoms with Crippen LogP contribution in [0.4, 0.5) is 5.69 Å². The summed E-state index contributed by atoms with van der Waals surface area (Å²) >= 11 is 0. The fourth-order valence-electron chi connectivity index (χ4n) is 2.64. The van der Waals surface area contributed by atoms with Crippen LogP contribution in [0.2, 0.25) is 0 Å². The average molecular weight is 268 g/mol. The van der Waals surface area contributed by atoms with Gasteiger partial charge in [-0.1, -0.05) is 6.07 Å². The van der Waals surface area contributed by atoms with Crippen LogP contribution in [-0.2, 0) is 10.0 Å². The van der Waals surface area contributed by atoms with E-state index in [9.17, 15) is 8.42 Å². The Balaban J connectivity index is 2.61. The van der Waals surface area contributed by atoms with E-state index in [2.05, 4.69) is 0 Å². The second kappa shape index (κ2) is 4.55. The SMILES string of the molecule is Cc1cc(C)c(S(=O)(=O)N2CCCC2)c(C)c1N. The number of rotatable bonds is 2. The van der Waals surface area contributed by atoms with E-state index in [0.717, 1.165) is 24.0 Å². The third-order valence-electron chi connectivity index (χ3n) is 3.62. The standard InChI is InChI=1S/C13H20N2O2S/c1-9-8-10(2)13(11(3)12(9)14)18(16,17)15-6-4-5-7-15/h8H,4-7,14H2,1-3H3. The van der Waals surface area contributed by atoms with E-state index in [1.54, 1.807) is 11.2 Å². The zero-order valence-corrected chi connectivity index (χ0v) is 12.0. The van der Waals surface area contributed by atoms with Gasteiger partial charge in [0.15, 0.2) is 0 Å². The molecule has 0 atom stereocenters. The monoisotopic (exact) mass is 268 g/mol. The van der Waals surface area contributed by atoms with E-state index in [0.29, 0.717) is 29.2 Å². The summed E-state index contributed by atoms with van der Waals surface area (Å²) in [7, 11) is -3.39. The molecule has 1 heterocycles. The Bertz CT molecular complexity index is 573. The lowest BCUT2D eigenvalue weighted by Crippen LogP contribution is -2.29. The minimum atomic E-state index is -3.39. The second-order valence-corrected chi connectivity index (χ2v) is 6.86. The van der Waals surface area contributed by atoms with Crippen molar-refractivity contribution in [3.8, 4) is 0 Å². The number of nitrogen functional groups attached to an aromatic ring is 1. The summed E-state index contributed by atoms with van der Waals surface area (Å²) in [6.07, 6.45) is 1.89. The normalized spacial score (nSPS) is 17.3. The zero-order valence-electron chi connectivity index (χ0n) is 11.2. The van der Waals surface area contributed by atoms with Crippen molar-refractivity contribution in [2.24, 2.45) is 0 Å². The number of hydrogen-bond donors (Lipinski definition) is 1. The summed E-state index contributed by atoms with van der Waals surface area (Å²) < 4.78 is 26.8. The lowest BCUT2D eigenvalue weighted by Gasteiger charge is -2.20.